The Labute approximate surface area is 107 Å². The first-order valence-electron chi connectivity index (χ1n) is 4.45. The van der Waals surface area contributed by atoms with E-state index in [-0.39, 0.29) is 11.0 Å². The Balaban J connectivity index is 2.85. The van der Waals surface area contributed by atoms with Crippen LogP contribution >= 0.6 is 28.1 Å². The number of hydrogen-bond acceptors (Lipinski definition) is 3. The van der Waals surface area contributed by atoms with Crippen LogP contribution in [-0.4, -0.2) is 25.2 Å². The molecule has 4 nitrogen and oxygen atoms in total. The number of hydrogen-bond donors (Lipinski definition) is 2. The Morgan fingerprint density at radius 1 is 1.50 bits per heavy atom. The van der Waals surface area contributed by atoms with Gasteiger partial charge in [0.1, 0.15) is 5.75 Å². The highest BCUT2D eigenvalue weighted by atomic mass is 79.9. The Morgan fingerprint density at radius 3 is 2.69 bits per heavy atom. The first kappa shape index (κ1) is 12.9. The molecule has 0 aliphatic rings. The van der Waals surface area contributed by atoms with Crippen molar-refractivity contribution in [3.63, 3.8) is 0 Å². The van der Waals surface area contributed by atoms with Gasteiger partial charge in [0, 0.05) is 12.6 Å². The molecule has 1 aromatic carbocycles. The van der Waals surface area contributed by atoms with Crippen molar-refractivity contribution in [2.24, 2.45) is 0 Å². The molecule has 0 atom stereocenters. The molecule has 0 heterocycles. The molecule has 2 N–H and O–H groups in total. The van der Waals surface area contributed by atoms with Crippen LogP contribution in [0.5, 0.6) is 5.75 Å². The third-order valence-corrected chi connectivity index (χ3v) is 2.79. The first-order valence-corrected chi connectivity index (χ1v) is 5.65. The van der Waals surface area contributed by atoms with Gasteiger partial charge in [-0.2, -0.15) is 0 Å². The number of ether oxygens (including phenoxy) is 1. The predicted octanol–water partition coefficient (Wildman–Crippen LogP) is 1.69. The van der Waals surface area contributed by atoms with E-state index in [9.17, 15) is 4.79 Å². The Hall–Kier alpha value is -1.14. The zero-order chi connectivity index (χ0) is 12.1. The molecule has 0 unspecified atom stereocenters. The van der Waals surface area contributed by atoms with Crippen molar-refractivity contribution in [3.05, 3.63) is 28.2 Å². The molecule has 1 aromatic rings. The number of carbonyl (C=O) groups is 1. The quantitative estimate of drug-likeness (QED) is 0.817. The van der Waals surface area contributed by atoms with E-state index >= 15 is 0 Å². The molecule has 0 bridgehead atoms. The molecule has 0 aromatic heterocycles. The van der Waals surface area contributed by atoms with Crippen LogP contribution in [0.25, 0.3) is 0 Å². The van der Waals surface area contributed by atoms with E-state index in [2.05, 4.69) is 26.6 Å². The molecule has 0 fully saturated rings. The summed E-state index contributed by atoms with van der Waals surface area (Å²) in [6.07, 6.45) is 0. The van der Waals surface area contributed by atoms with Crippen LogP contribution < -0.4 is 15.4 Å². The predicted molar refractivity (Wildman–Crippen MR) is 69.8 cm³/mol. The second kappa shape index (κ2) is 5.81. The maximum absolute atomic E-state index is 11.7. The van der Waals surface area contributed by atoms with E-state index in [1.807, 2.05) is 0 Å². The van der Waals surface area contributed by atoms with E-state index in [4.69, 9.17) is 17.0 Å². The van der Waals surface area contributed by atoms with Crippen LogP contribution in [-0.2, 0) is 0 Å². The van der Waals surface area contributed by atoms with Crippen molar-refractivity contribution < 1.29 is 9.53 Å². The van der Waals surface area contributed by atoms with Crippen molar-refractivity contribution in [1.82, 2.24) is 10.6 Å². The van der Waals surface area contributed by atoms with E-state index in [1.165, 1.54) is 0 Å². The molecule has 6 heteroatoms. The van der Waals surface area contributed by atoms with Crippen molar-refractivity contribution in [2.75, 3.05) is 14.2 Å². The maximum Gasteiger partial charge on any atom is 0.257 e. The van der Waals surface area contributed by atoms with E-state index < -0.39 is 0 Å². The van der Waals surface area contributed by atoms with Crippen LogP contribution in [0.4, 0.5) is 0 Å². The van der Waals surface area contributed by atoms with Gasteiger partial charge in [0.2, 0.25) is 0 Å². The summed E-state index contributed by atoms with van der Waals surface area (Å²) in [6.45, 7) is 0. The molecule has 86 valence electrons. The van der Waals surface area contributed by atoms with Gasteiger partial charge < -0.3 is 10.1 Å². The van der Waals surface area contributed by atoms with Gasteiger partial charge in [-0.1, -0.05) is 0 Å². The molecule has 1 amide bonds. The van der Waals surface area contributed by atoms with Crippen molar-refractivity contribution in [2.45, 2.75) is 0 Å². The summed E-state index contributed by atoms with van der Waals surface area (Å²) in [7, 11) is 3.21. The fourth-order valence-electron chi connectivity index (χ4n) is 1.05. The molecular formula is C10H11BrN2O2S. The number of carbonyl (C=O) groups excluding carboxylic acids is 1. The summed E-state index contributed by atoms with van der Waals surface area (Å²) in [4.78, 5) is 11.7. The molecule has 1 rings (SSSR count). The molecule has 0 aliphatic heterocycles. The molecule has 0 radical (unpaired) electrons. The summed E-state index contributed by atoms with van der Waals surface area (Å²) >= 11 is 8.14. The van der Waals surface area contributed by atoms with Gasteiger partial charge in [-0.15, -0.1) is 0 Å². The highest BCUT2D eigenvalue weighted by Gasteiger charge is 2.09. The fourth-order valence-corrected chi connectivity index (χ4v) is 1.68. The topological polar surface area (TPSA) is 50.4 Å². The van der Waals surface area contributed by atoms with Crippen molar-refractivity contribution in [1.29, 1.82) is 0 Å². The third-order valence-electron chi connectivity index (χ3n) is 1.87. The van der Waals surface area contributed by atoms with Crippen LogP contribution in [0.3, 0.4) is 0 Å². The van der Waals surface area contributed by atoms with E-state index in [0.717, 1.165) is 4.47 Å². The zero-order valence-electron chi connectivity index (χ0n) is 8.83. The number of thiocarbonyl (C=S) groups is 1. The minimum atomic E-state index is -0.261. The fraction of sp³-hybridized carbons (Fsp3) is 0.200. The number of benzene rings is 1. The number of amides is 1. The monoisotopic (exact) mass is 302 g/mol. The standard InChI is InChI=1S/C10H11BrN2O2S/c1-12-10(16)13-9(14)6-3-4-8(15-2)7(11)5-6/h3-5H,1-2H3,(H2,12,13,14,16). The minimum Gasteiger partial charge on any atom is -0.496 e. The third kappa shape index (κ3) is 3.18. The van der Waals surface area contributed by atoms with Gasteiger partial charge >= 0.3 is 0 Å². The number of rotatable bonds is 2. The summed E-state index contributed by atoms with van der Waals surface area (Å²) in [5.41, 5.74) is 0.505. The summed E-state index contributed by atoms with van der Waals surface area (Å²) in [5, 5.41) is 5.49. The van der Waals surface area contributed by atoms with Gasteiger partial charge in [0.25, 0.3) is 5.91 Å². The Bertz CT molecular complexity index is 423. The van der Waals surface area contributed by atoms with Crippen LogP contribution in [0.1, 0.15) is 10.4 Å². The molecule has 0 spiro atoms. The molecule has 0 saturated heterocycles. The van der Waals surface area contributed by atoms with Crippen LogP contribution in [0.15, 0.2) is 22.7 Å². The number of methoxy groups -OCH3 is 1. The van der Waals surface area contributed by atoms with Gasteiger partial charge in [-0.05, 0) is 46.3 Å². The number of nitrogens with one attached hydrogen (secondary N) is 2. The minimum absolute atomic E-state index is 0.261. The smallest absolute Gasteiger partial charge is 0.257 e. The average molecular weight is 303 g/mol. The highest BCUT2D eigenvalue weighted by molar-refractivity contribution is 9.10. The van der Waals surface area contributed by atoms with Crippen molar-refractivity contribution >= 4 is 39.2 Å². The zero-order valence-corrected chi connectivity index (χ0v) is 11.2. The lowest BCUT2D eigenvalue weighted by Gasteiger charge is -2.07. The second-order valence-electron chi connectivity index (χ2n) is 2.88. The van der Waals surface area contributed by atoms with Gasteiger partial charge in [-0.3, -0.25) is 10.1 Å². The Kier molecular flexibility index (Phi) is 4.70. The van der Waals surface area contributed by atoms with Gasteiger partial charge in [0.15, 0.2) is 5.11 Å². The molecule has 0 saturated carbocycles. The van der Waals surface area contributed by atoms with Crippen LogP contribution in [0.2, 0.25) is 0 Å². The lowest BCUT2D eigenvalue weighted by molar-refractivity contribution is 0.0976. The summed E-state index contributed by atoms with van der Waals surface area (Å²) in [6, 6.07) is 5.05. The van der Waals surface area contributed by atoms with E-state index in [0.29, 0.717) is 11.3 Å². The summed E-state index contributed by atoms with van der Waals surface area (Å²) < 4.78 is 5.79. The maximum atomic E-state index is 11.7. The average Bonchev–Trinajstić information content (AvgIpc) is 2.28. The van der Waals surface area contributed by atoms with Crippen LogP contribution in [0, 0.1) is 0 Å². The lowest BCUT2D eigenvalue weighted by atomic mass is 10.2. The van der Waals surface area contributed by atoms with E-state index in [1.54, 1.807) is 32.4 Å². The lowest BCUT2D eigenvalue weighted by Crippen LogP contribution is -2.37. The van der Waals surface area contributed by atoms with Gasteiger partial charge in [0.05, 0.1) is 11.6 Å². The number of halogens is 1. The molecular weight excluding hydrogens is 292 g/mol. The normalized spacial score (nSPS) is 9.44. The summed E-state index contributed by atoms with van der Waals surface area (Å²) in [5.74, 6) is 0.412. The molecule has 16 heavy (non-hydrogen) atoms. The second-order valence-corrected chi connectivity index (χ2v) is 4.15. The highest BCUT2D eigenvalue weighted by Crippen LogP contribution is 2.25. The SMILES string of the molecule is CNC(=S)NC(=O)c1ccc(OC)c(Br)c1. The largest absolute Gasteiger partial charge is 0.496 e. The van der Waals surface area contributed by atoms with Crippen molar-refractivity contribution in [3.8, 4) is 5.75 Å². The molecule has 0 aliphatic carbocycles. The first-order chi connectivity index (χ1) is 7.58. The van der Waals surface area contributed by atoms with Gasteiger partial charge in [-0.25, -0.2) is 0 Å². The Morgan fingerprint density at radius 2 is 2.19 bits per heavy atom.